The maximum Gasteiger partial charge on any atom is 0.164 e. The van der Waals surface area contributed by atoms with Crippen LogP contribution in [-0.4, -0.2) is 15.0 Å². The Morgan fingerprint density at radius 3 is 1.80 bits per heavy atom. The van der Waals surface area contributed by atoms with Crippen molar-refractivity contribution in [2.24, 2.45) is 0 Å². The molecule has 0 N–H and O–H groups in total. The first-order valence-corrected chi connectivity index (χ1v) is 17.1. The van der Waals surface area contributed by atoms with Crippen molar-refractivity contribution in [1.82, 2.24) is 15.0 Å². The maximum absolute atomic E-state index is 6.47. The van der Waals surface area contributed by atoms with Crippen LogP contribution in [0.3, 0.4) is 0 Å². The van der Waals surface area contributed by atoms with Crippen molar-refractivity contribution in [3.63, 3.8) is 0 Å². The summed E-state index contributed by atoms with van der Waals surface area (Å²) in [5, 5.41) is 6.76. The standard InChI is InChI=1S/C47H29N3O/c1-2-10-30(11-3-1)36-26-27-40-43(29-36)51-42-19-9-18-41(44(40)42)47-49-45(48-46(50-47)37-25-20-31-12-4-5-14-35(31)28-37)34-23-21-33(22-24-34)39-17-8-15-32-13-6-7-16-38(32)39/h1-29H. The summed E-state index contributed by atoms with van der Waals surface area (Å²) >= 11 is 0. The van der Waals surface area contributed by atoms with Crippen molar-refractivity contribution in [3.8, 4) is 56.4 Å². The van der Waals surface area contributed by atoms with Crippen LogP contribution in [0.2, 0.25) is 0 Å². The zero-order valence-corrected chi connectivity index (χ0v) is 27.5. The van der Waals surface area contributed by atoms with Crippen LogP contribution >= 0.6 is 0 Å². The number of aromatic nitrogens is 3. The van der Waals surface area contributed by atoms with Gasteiger partial charge >= 0.3 is 0 Å². The third-order valence-electron chi connectivity index (χ3n) is 9.73. The minimum absolute atomic E-state index is 0.599. The minimum atomic E-state index is 0.599. The van der Waals surface area contributed by atoms with Crippen LogP contribution < -0.4 is 0 Å². The largest absolute Gasteiger partial charge is 0.456 e. The average molecular weight is 652 g/mol. The van der Waals surface area contributed by atoms with E-state index in [9.17, 15) is 0 Å². The Bertz CT molecular complexity index is 2900. The van der Waals surface area contributed by atoms with E-state index in [1.54, 1.807) is 0 Å². The van der Waals surface area contributed by atoms with E-state index in [4.69, 9.17) is 19.4 Å². The van der Waals surface area contributed by atoms with E-state index in [1.165, 1.54) is 21.7 Å². The first-order chi connectivity index (χ1) is 25.2. The number of furan rings is 1. The number of nitrogens with zero attached hydrogens (tertiary/aromatic N) is 3. The van der Waals surface area contributed by atoms with Gasteiger partial charge in [-0.2, -0.15) is 0 Å². The molecule has 238 valence electrons. The summed E-state index contributed by atoms with van der Waals surface area (Å²) in [4.78, 5) is 15.4. The van der Waals surface area contributed by atoms with Gasteiger partial charge in [0.1, 0.15) is 11.2 Å². The van der Waals surface area contributed by atoms with Gasteiger partial charge in [0.15, 0.2) is 17.5 Å². The number of hydrogen-bond acceptors (Lipinski definition) is 4. The molecule has 0 spiro atoms. The lowest BCUT2D eigenvalue weighted by atomic mass is 9.97. The molecular weight excluding hydrogens is 623 g/mol. The van der Waals surface area contributed by atoms with Crippen molar-refractivity contribution < 1.29 is 4.42 Å². The maximum atomic E-state index is 6.47. The summed E-state index contributed by atoms with van der Waals surface area (Å²) in [6.07, 6.45) is 0. The van der Waals surface area contributed by atoms with Crippen molar-refractivity contribution in [1.29, 1.82) is 0 Å². The van der Waals surface area contributed by atoms with Gasteiger partial charge in [-0.1, -0.05) is 152 Å². The van der Waals surface area contributed by atoms with Gasteiger partial charge in [0.2, 0.25) is 0 Å². The van der Waals surface area contributed by atoms with Crippen LogP contribution in [-0.2, 0) is 0 Å². The Kier molecular flexibility index (Phi) is 6.78. The Morgan fingerprint density at radius 1 is 0.314 bits per heavy atom. The quantitative estimate of drug-likeness (QED) is 0.186. The third kappa shape index (κ3) is 5.13. The second-order valence-electron chi connectivity index (χ2n) is 12.8. The molecule has 4 nitrogen and oxygen atoms in total. The van der Waals surface area contributed by atoms with Crippen LogP contribution in [0.25, 0.3) is 99.9 Å². The summed E-state index contributed by atoms with van der Waals surface area (Å²) in [6, 6.07) is 61.1. The van der Waals surface area contributed by atoms with Gasteiger partial charge in [0.25, 0.3) is 0 Å². The monoisotopic (exact) mass is 651 g/mol. The van der Waals surface area contributed by atoms with Gasteiger partial charge in [0, 0.05) is 27.5 Å². The number of fused-ring (bicyclic) bond motifs is 5. The number of rotatable bonds is 5. The Morgan fingerprint density at radius 2 is 0.941 bits per heavy atom. The zero-order valence-electron chi connectivity index (χ0n) is 27.5. The molecule has 0 aliphatic rings. The molecule has 2 aromatic heterocycles. The van der Waals surface area contributed by atoms with Gasteiger partial charge in [0.05, 0.1) is 0 Å². The van der Waals surface area contributed by atoms with Crippen LogP contribution in [0.1, 0.15) is 0 Å². The smallest absolute Gasteiger partial charge is 0.164 e. The molecule has 10 aromatic rings. The second-order valence-corrected chi connectivity index (χ2v) is 12.8. The van der Waals surface area contributed by atoms with E-state index in [0.717, 1.165) is 60.7 Å². The van der Waals surface area contributed by atoms with E-state index in [2.05, 4.69) is 158 Å². The molecule has 0 aliphatic heterocycles. The molecule has 0 aliphatic carbocycles. The van der Waals surface area contributed by atoms with E-state index in [0.29, 0.717) is 17.5 Å². The van der Waals surface area contributed by atoms with E-state index in [1.807, 2.05) is 18.2 Å². The molecule has 0 saturated heterocycles. The molecule has 51 heavy (non-hydrogen) atoms. The van der Waals surface area contributed by atoms with Crippen molar-refractivity contribution in [3.05, 3.63) is 176 Å². The van der Waals surface area contributed by atoms with Gasteiger partial charge in [-0.15, -0.1) is 0 Å². The average Bonchev–Trinajstić information content (AvgIpc) is 3.59. The summed E-state index contributed by atoms with van der Waals surface area (Å²) < 4.78 is 6.47. The summed E-state index contributed by atoms with van der Waals surface area (Å²) in [5.74, 6) is 1.83. The van der Waals surface area contributed by atoms with E-state index < -0.39 is 0 Å². The third-order valence-corrected chi connectivity index (χ3v) is 9.73. The molecule has 0 saturated carbocycles. The number of benzene rings is 8. The topological polar surface area (TPSA) is 51.8 Å². The molecule has 4 heteroatoms. The van der Waals surface area contributed by atoms with Crippen molar-refractivity contribution >= 4 is 43.5 Å². The Balaban J connectivity index is 1.14. The highest BCUT2D eigenvalue weighted by molar-refractivity contribution is 6.12. The molecule has 0 atom stereocenters. The molecule has 0 amide bonds. The second kappa shape index (κ2) is 11.9. The fourth-order valence-corrected chi connectivity index (χ4v) is 7.18. The molecule has 0 bridgehead atoms. The normalized spacial score (nSPS) is 11.5. The summed E-state index contributed by atoms with van der Waals surface area (Å²) in [5.41, 5.74) is 8.96. The molecule has 0 fully saturated rings. The SMILES string of the molecule is c1ccc(-c2ccc3c(c2)oc2cccc(-c4nc(-c5ccc(-c6cccc7ccccc67)cc5)nc(-c5ccc6ccccc6c5)n4)c23)cc1. The molecule has 0 unspecified atom stereocenters. The highest BCUT2D eigenvalue weighted by atomic mass is 16.3. The lowest BCUT2D eigenvalue weighted by molar-refractivity contribution is 0.669. The highest BCUT2D eigenvalue weighted by Crippen LogP contribution is 2.38. The molecule has 2 heterocycles. The first kappa shape index (κ1) is 29.0. The predicted octanol–water partition coefficient (Wildman–Crippen LogP) is 12.4. The highest BCUT2D eigenvalue weighted by Gasteiger charge is 2.19. The van der Waals surface area contributed by atoms with Crippen molar-refractivity contribution in [2.75, 3.05) is 0 Å². The minimum Gasteiger partial charge on any atom is -0.456 e. The van der Waals surface area contributed by atoms with Gasteiger partial charge in [-0.3, -0.25) is 0 Å². The van der Waals surface area contributed by atoms with Crippen LogP contribution in [0.15, 0.2) is 180 Å². The first-order valence-electron chi connectivity index (χ1n) is 17.1. The Labute approximate surface area is 294 Å². The van der Waals surface area contributed by atoms with Crippen LogP contribution in [0.5, 0.6) is 0 Å². The van der Waals surface area contributed by atoms with Gasteiger partial charge < -0.3 is 4.42 Å². The lowest BCUT2D eigenvalue weighted by Gasteiger charge is -2.11. The molecular formula is C47H29N3O. The number of hydrogen-bond donors (Lipinski definition) is 0. The van der Waals surface area contributed by atoms with Gasteiger partial charge in [-0.25, -0.2) is 15.0 Å². The fourth-order valence-electron chi connectivity index (χ4n) is 7.18. The van der Waals surface area contributed by atoms with Crippen LogP contribution in [0.4, 0.5) is 0 Å². The Hall–Kier alpha value is -6.91. The zero-order chi connectivity index (χ0) is 33.7. The van der Waals surface area contributed by atoms with E-state index >= 15 is 0 Å². The molecule has 8 aromatic carbocycles. The summed E-state index contributed by atoms with van der Waals surface area (Å²) in [7, 11) is 0. The van der Waals surface area contributed by atoms with Crippen LogP contribution in [0, 0.1) is 0 Å². The van der Waals surface area contributed by atoms with E-state index in [-0.39, 0.29) is 0 Å². The predicted molar refractivity (Wildman–Crippen MR) is 209 cm³/mol. The van der Waals surface area contributed by atoms with Gasteiger partial charge in [-0.05, 0) is 68.1 Å². The fraction of sp³-hybridized carbons (Fsp3) is 0. The lowest BCUT2D eigenvalue weighted by Crippen LogP contribution is -2.00. The molecule has 10 rings (SSSR count). The van der Waals surface area contributed by atoms with Crippen molar-refractivity contribution in [2.45, 2.75) is 0 Å². The molecule has 0 radical (unpaired) electrons. The summed E-state index contributed by atoms with van der Waals surface area (Å²) in [6.45, 7) is 0.